The van der Waals surface area contributed by atoms with Gasteiger partial charge in [-0.15, -0.1) is 12.6 Å². The zero-order valence-corrected chi connectivity index (χ0v) is 20.9. The van der Waals surface area contributed by atoms with Crippen molar-refractivity contribution < 1.29 is 19.5 Å². The Labute approximate surface area is 175 Å². The number of hydrogen-bond donors (Lipinski definition) is 2. The van der Waals surface area contributed by atoms with Crippen LogP contribution in [0.25, 0.3) is 0 Å². The van der Waals surface area contributed by atoms with E-state index in [0.717, 1.165) is 26.2 Å². The van der Waals surface area contributed by atoms with Gasteiger partial charge in [0.1, 0.15) is 4.32 Å². The molecule has 0 unspecified atom stereocenters. The summed E-state index contributed by atoms with van der Waals surface area (Å²) in [4.78, 5) is 3.93. The number of rotatable bonds is 4. The molecular formula is C11H23N3S6Zn. The van der Waals surface area contributed by atoms with Crippen LogP contribution in [0.4, 0.5) is 0 Å². The minimum absolute atomic E-state index is 0. The van der Waals surface area contributed by atoms with E-state index in [1.54, 1.807) is 0 Å². The van der Waals surface area contributed by atoms with Gasteiger partial charge in [0.25, 0.3) is 0 Å². The van der Waals surface area contributed by atoms with Gasteiger partial charge >= 0.3 is 19.5 Å². The molecule has 0 fully saturated rings. The van der Waals surface area contributed by atoms with Crippen LogP contribution in [0, 0.1) is 0 Å². The van der Waals surface area contributed by atoms with Crippen molar-refractivity contribution in [2.45, 2.75) is 27.7 Å². The molecular weight excluding hydrogens is 432 g/mol. The maximum atomic E-state index is 4.76. The third-order valence-electron chi connectivity index (χ3n) is 2.04. The van der Waals surface area contributed by atoms with E-state index < -0.39 is 0 Å². The fourth-order valence-electron chi connectivity index (χ4n) is 0.964. The Hall–Kier alpha value is 1.08. The SMILES string of the molecule is CCN(CC)C(=S)[S-].CCN(CC)C(=S)[S-].NC(=S)S.[Zn+2]. The van der Waals surface area contributed by atoms with Gasteiger partial charge in [-0.2, -0.15) is 0 Å². The Morgan fingerprint density at radius 3 is 1.00 bits per heavy atom. The second-order valence-electron chi connectivity index (χ2n) is 3.21. The average molecular weight is 455 g/mol. The number of thiocarbonyl (C=S) groups is 3. The fraction of sp³-hybridized carbons (Fsp3) is 0.727. The topological polar surface area (TPSA) is 32.5 Å². The van der Waals surface area contributed by atoms with Gasteiger partial charge in [0.2, 0.25) is 0 Å². The summed E-state index contributed by atoms with van der Waals surface area (Å²) in [6, 6.07) is 0. The van der Waals surface area contributed by atoms with E-state index in [0.29, 0.717) is 8.64 Å². The van der Waals surface area contributed by atoms with Crippen LogP contribution >= 0.6 is 49.3 Å². The fourth-order valence-corrected chi connectivity index (χ4v) is 2.00. The Bertz CT molecular complexity index is 257. The van der Waals surface area contributed by atoms with Gasteiger partial charge in [-0.3, -0.25) is 0 Å². The van der Waals surface area contributed by atoms with Crippen LogP contribution in [0.3, 0.4) is 0 Å². The summed E-state index contributed by atoms with van der Waals surface area (Å²) >= 11 is 26.7. The smallest absolute Gasteiger partial charge is 0.411 e. The van der Waals surface area contributed by atoms with Crippen LogP contribution in [0.5, 0.6) is 0 Å². The van der Waals surface area contributed by atoms with Crippen molar-refractivity contribution >= 4 is 87.5 Å². The first-order valence-electron chi connectivity index (χ1n) is 6.07. The molecule has 0 bridgehead atoms. The van der Waals surface area contributed by atoms with E-state index in [4.69, 9.17) is 55.4 Å². The molecule has 0 amide bonds. The molecule has 0 aromatic carbocycles. The number of nitrogens with two attached hydrogens (primary N) is 1. The van der Waals surface area contributed by atoms with E-state index in [1.165, 1.54) is 0 Å². The van der Waals surface area contributed by atoms with Crippen molar-refractivity contribution in [3.05, 3.63) is 0 Å². The van der Waals surface area contributed by atoms with Gasteiger partial charge in [-0.05, 0) is 27.7 Å². The van der Waals surface area contributed by atoms with Gasteiger partial charge in [0, 0.05) is 26.2 Å². The van der Waals surface area contributed by atoms with Crippen LogP contribution in [0.2, 0.25) is 0 Å². The molecule has 0 aromatic rings. The Kier molecular flexibility index (Phi) is 30.1. The number of hydrogen-bond acceptors (Lipinski definition) is 5. The third kappa shape index (κ3) is 26.3. The quantitative estimate of drug-likeness (QED) is 0.290. The van der Waals surface area contributed by atoms with Crippen LogP contribution in [0.1, 0.15) is 27.7 Å². The van der Waals surface area contributed by atoms with Crippen LogP contribution in [-0.2, 0) is 44.7 Å². The molecule has 120 valence electrons. The molecule has 0 heterocycles. The summed E-state index contributed by atoms with van der Waals surface area (Å²) in [5.41, 5.74) is 4.71. The molecule has 0 aliphatic rings. The van der Waals surface area contributed by atoms with Gasteiger partial charge in [-0.1, -0.05) is 20.9 Å². The second kappa shape index (κ2) is 21.1. The molecule has 0 rings (SSSR count). The van der Waals surface area contributed by atoms with Crippen molar-refractivity contribution in [1.29, 1.82) is 0 Å². The molecule has 10 heteroatoms. The molecule has 0 aromatic heterocycles. The molecule has 0 atom stereocenters. The van der Waals surface area contributed by atoms with Crippen molar-refractivity contribution in [2.75, 3.05) is 26.2 Å². The molecule has 21 heavy (non-hydrogen) atoms. The first kappa shape index (κ1) is 30.0. The minimum Gasteiger partial charge on any atom is -0.411 e. The first-order valence-corrected chi connectivity index (χ1v) is 8.56. The molecule has 0 saturated heterocycles. The molecule has 0 spiro atoms. The molecule has 0 saturated carbocycles. The van der Waals surface area contributed by atoms with E-state index in [1.807, 2.05) is 37.5 Å². The molecule has 0 aliphatic heterocycles. The standard InChI is InChI=1S/2C5H11NS2.CH3NS2.Zn/c2*1-3-6(4-2)5(7)8;2-1(3)4;/h2*3-4H2,1-2H3,(H,7,8);(H3,2,3,4);/q;;;+2/p-2. The predicted octanol–water partition coefficient (Wildman–Crippen LogP) is 2.48. The largest absolute Gasteiger partial charge is 2.00 e. The van der Waals surface area contributed by atoms with Crippen molar-refractivity contribution in [1.82, 2.24) is 9.80 Å². The van der Waals surface area contributed by atoms with Crippen LogP contribution in [-0.4, -0.2) is 48.9 Å². The Balaban J connectivity index is -0.000000107. The maximum Gasteiger partial charge on any atom is 2.00 e. The van der Waals surface area contributed by atoms with Gasteiger partial charge < -0.3 is 65.2 Å². The molecule has 3 nitrogen and oxygen atoms in total. The van der Waals surface area contributed by atoms with Crippen LogP contribution < -0.4 is 5.73 Å². The van der Waals surface area contributed by atoms with Crippen molar-refractivity contribution in [3.8, 4) is 0 Å². The molecule has 2 N–H and O–H groups in total. The Morgan fingerprint density at radius 2 is 1.00 bits per heavy atom. The van der Waals surface area contributed by atoms with E-state index in [-0.39, 0.29) is 23.8 Å². The Morgan fingerprint density at radius 1 is 0.857 bits per heavy atom. The molecule has 0 radical (unpaired) electrons. The van der Waals surface area contributed by atoms with E-state index >= 15 is 0 Å². The van der Waals surface area contributed by atoms with Crippen molar-refractivity contribution in [2.24, 2.45) is 5.73 Å². The van der Waals surface area contributed by atoms with E-state index in [9.17, 15) is 0 Å². The van der Waals surface area contributed by atoms with Crippen LogP contribution in [0.15, 0.2) is 0 Å². The normalized spacial score (nSPS) is 7.86. The summed E-state index contributed by atoms with van der Waals surface area (Å²) < 4.78 is 1.35. The first-order chi connectivity index (χ1) is 9.17. The summed E-state index contributed by atoms with van der Waals surface area (Å²) in [5, 5.41) is 0. The second-order valence-corrected chi connectivity index (χ2v) is 6.50. The monoisotopic (exact) mass is 453 g/mol. The van der Waals surface area contributed by atoms with Gasteiger partial charge in [0.15, 0.2) is 0 Å². The maximum absolute atomic E-state index is 4.76. The van der Waals surface area contributed by atoms with Gasteiger partial charge in [0.05, 0.1) is 0 Å². The predicted molar refractivity (Wildman–Crippen MR) is 112 cm³/mol. The zero-order valence-electron chi connectivity index (χ0n) is 13.0. The average Bonchev–Trinajstić information content (AvgIpc) is 2.31. The molecule has 0 aliphatic carbocycles. The van der Waals surface area contributed by atoms with Gasteiger partial charge in [-0.25, -0.2) is 0 Å². The van der Waals surface area contributed by atoms with E-state index in [2.05, 4.69) is 24.8 Å². The third-order valence-corrected chi connectivity index (χ3v) is 3.08. The minimum atomic E-state index is 0. The number of thiol groups is 1. The number of nitrogens with zero attached hydrogens (tertiary/aromatic N) is 2. The summed E-state index contributed by atoms with van der Waals surface area (Å²) in [5.74, 6) is 0. The zero-order chi connectivity index (χ0) is 16.7. The summed E-state index contributed by atoms with van der Waals surface area (Å²) in [7, 11) is 0. The van der Waals surface area contributed by atoms with Crippen molar-refractivity contribution in [3.63, 3.8) is 0 Å². The summed E-state index contributed by atoms with van der Waals surface area (Å²) in [6.07, 6.45) is 0. The summed E-state index contributed by atoms with van der Waals surface area (Å²) in [6.45, 7) is 11.9.